The molecule has 0 heterocycles. The highest BCUT2D eigenvalue weighted by molar-refractivity contribution is 5.56. The average Bonchev–Trinajstić information content (AvgIpc) is 2.28. The van der Waals surface area contributed by atoms with Gasteiger partial charge in [-0.15, -0.1) is 0 Å². The van der Waals surface area contributed by atoms with Crippen LogP contribution in [0.4, 0.5) is 0 Å². The quantitative estimate of drug-likeness (QED) is 0.731. The van der Waals surface area contributed by atoms with E-state index in [0.29, 0.717) is 0 Å². The molecule has 0 bridgehead atoms. The van der Waals surface area contributed by atoms with E-state index in [9.17, 15) is 0 Å². The second kappa shape index (κ2) is 4.88. The van der Waals surface area contributed by atoms with Gasteiger partial charge in [-0.2, -0.15) is 0 Å². The summed E-state index contributed by atoms with van der Waals surface area (Å²) >= 11 is 0. The van der Waals surface area contributed by atoms with Crippen LogP contribution in [0.2, 0.25) is 0 Å². The molecule has 2 aromatic rings. The first kappa shape index (κ1) is 11.5. The van der Waals surface area contributed by atoms with Gasteiger partial charge in [-0.25, -0.2) is 0 Å². The maximum Gasteiger partial charge on any atom is 0.134 e. The fraction of sp³-hybridized carbons (Fsp3) is 0.125. The van der Waals surface area contributed by atoms with Gasteiger partial charge in [0.25, 0.3) is 0 Å². The summed E-state index contributed by atoms with van der Waals surface area (Å²) in [6.07, 6.45) is 1.80. The molecular weight excluding hydrogens is 208 g/mol. The number of benzene rings is 2. The Morgan fingerprint density at radius 3 is 2.29 bits per heavy atom. The van der Waals surface area contributed by atoms with E-state index in [0.717, 1.165) is 17.1 Å². The number of ether oxygens (including phenoxy) is 1. The standard InChI is InChI=1S/C16H16O/c1-4-14-7-5-6-8-16(14)17-15-10-12(2)9-13(3)11-15/h4-11H,1H2,2-3H3. The van der Waals surface area contributed by atoms with Crippen molar-refractivity contribution in [3.05, 3.63) is 65.7 Å². The Balaban J connectivity index is 2.34. The second-order valence-corrected chi connectivity index (χ2v) is 4.17. The van der Waals surface area contributed by atoms with Crippen LogP contribution in [0.5, 0.6) is 11.5 Å². The van der Waals surface area contributed by atoms with Crippen molar-refractivity contribution in [3.8, 4) is 11.5 Å². The molecule has 1 heteroatoms. The topological polar surface area (TPSA) is 9.23 Å². The molecular formula is C16H16O. The molecule has 0 aliphatic heterocycles. The van der Waals surface area contributed by atoms with Gasteiger partial charge in [0.15, 0.2) is 0 Å². The van der Waals surface area contributed by atoms with Crippen molar-refractivity contribution in [2.24, 2.45) is 0 Å². The summed E-state index contributed by atoms with van der Waals surface area (Å²) in [4.78, 5) is 0. The van der Waals surface area contributed by atoms with Gasteiger partial charge in [0.2, 0.25) is 0 Å². The summed E-state index contributed by atoms with van der Waals surface area (Å²) in [7, 11) is 0. The molecule has 1 nitrogen and oxygen atoms in total. The SMILES string of the molecule is C=Cc1ccccc1Oc1cc(C)cc(C)c1. The first-order valence-electron chi connectivity index (χ1n) is 5.66. The number of hydrogen-bond donors (Lipinski definition) is 0. The predicted molar refractivity (Wildman–Crippen MR) is 72.5 cm³/mol. The van der Waals surface area contributed by atoms with Crippen molar-refractivity contribution in [2.45, 2.75) is 13.8 Å². The minimum Gasteiger partial charge on any atom is -0.457 e. The van der Waals surface area contributed by atoms with Gasteiger partial charge in [-0.05, 0) is 43.2 Å². The number of aryl methyl sites for hydroxylation is 2. The largest absolute Gasteiger partial charge is 0.457 e. The van der Waals surface area contributed by atoms with Crippen LogP contribution in [0.3, 0.4) is 0 Å². The third-order valence-corrected chi connectivity index (χ3v) is 2.56. The molecule has 0 aromatic heterocycles. The number of rotatable bonds is 3. The molecule has 0 unspecified atom stereocenters. The van der Waals surface area contributed by atoms with Crippen LogP contribution in [0, 0.1) is 13.8 Å². The van der Waals surface area contributed by atoms with E-state index < -0.39 is 0 Å². The molecule has 0 atom stereocenters. The van der Waals surface area contributed by atoms with Crippen LogP contribution in [0.15, 0.2) is 49.0 Å². The van der Waals surface area contributed by atoms with Gasteiger partial charge in [-0.3, -0.25) is 0 Å². The first-order valence-corrected chi connectivity index (χ1v) is 5.66. The zero-order valence-corrected chi connectivity index (χ0v) is 10.2. The normalized spacial score (nSPS) is 10.0. The zero-order valence-electron chi connectivity index (χ0n) is 10.2. The average molecular weight is 224 g/mol. The van der Waals surface area contributed by atoms with Crippen LogP contribution >= 0.6 is 0 Å². The lowest BCUT2D eigenvalue weighted by molar-refractivity contribution is 0.481. The Morgan fingerprint density at radius 2 is 1.65 bits per heavy atom. The lowest BCUT2D eigenvalue weighted by atomic mass is 10.1. The number of para-hydroxylation sites is 1. The van der Waals surface area contributed by atoms with Crippen molar-refractivity contribution in [2.75, 3.05) is 0 Å². The van der Waals surface area contributed by atoms with E-state index in [2.05, 4.69) is 26.5 Å². The second-order valence-electron chi connectivity index (χ2n) is 4.17. The minimum absolute atomic E-state index is 0.840. The highest BCUT2D eigenvalue weighted by Crippen LogP contribution is 2.27. The van der Waals surface area contributed by atoms with Gasteiger partial charge < -0.3 is 4.74 Å². The number of hydrogen-bond acceptors (Lipinski definition) is 1. The summed E-state index contributed by atoms with van der Waals surface area (Å²) in [5.74, 6) is 1.71. The van der Waals surface area contributed by atoms with Crippen LogP contribution < -0.4 is 4.74 Å². The fourth-order valence-corrected chi connectivity index (χ4v) is 1.86. The molecule has 0 N–H and O–H groups in total. The van der Waals surface area contributed by atoms with Gasteiger partial charge in [0.05, 0.1) is 0 Å². The monoisotopic (exact) mass is 224 g/mol. The molecule has 17 heavy (non-hydrogen) atoms. The molecule has 0 spiro atoms. The highest BCUT2D eigenvalue weighted by Gasteiger charge is 2.02. The Hall–Kier alpha value is -2.02. The Kier molecular flexibility index (Phi) is 3.29. The lowest BCUT2D eigenvalue weighted by Crippen LogP contribution is -1.88. The van der Waals surface area contributed by atoms with Crippen LogP contribution in [-0.2, 0) is 0 Å². The zero-order chi connectivity index (χ0) is 12.3. The molecule has 0 aliphatic rings. The molecule has 0 radical (unpaired) electrons. The maximum absolute atomic E-state index is 5.89. The molecule has 86 valence electrons. The van der Waals surface area contributed by atoms with Crippen molar-refractivity contribution in [3.63, 3.8) is 0 Å². The van der Waals surface area contributed by atoms with E-state index in [4.69, 9.17) is 4.74 Å². The summed E-state index contributed by atoms with van der Waals surface area (Å²) in [5, 5.41) is 0. The van der Waals surface area contributed by atoms with Crippen molar-refractivity contribution in [1.29, 1.82) is 0 Å². The Bertz CT molecular complexity index is 521. The smallest absolute Gasteiger partial charge is 0.134 e. The highest BCUT2D eigenvalue weighted by atomic mass is 16.5. The van der Waals surface area contributed by atoms with Crippen molar-refractivity contribution >= 4 is 6.08 Å². The molecule has 2 rings (SSSR count). The fourth-order valence-electron chi connectivity index (χ4n) is 1.86. The van der Waals surface area contributed by atoms with E-state index in [1.807, 2.05) is 36.4 Å². The third kappa shape index (κ3) is 2.76. The maximum atomic E-state index is 5.89. The van der Waals surface area contributed by atoms with E-state index in [1.54, 1.807) is 6.08 Å². The molecule has 0 saturated carbocycles. The van der Waals surface area contributed by atoms with Crippen molar-refractivity contribution < 1.29 is 4.74 Å². The summed E-state index contributed by atoms with van der Waals surface area (Å²) in [6.45, 7) is 7.93. The van der Waals surface area contributed by atoms with Gasteiger partial charge in [0.1, 0.15) is 11.5 Å². The van der Waals surface area contributed by atoms with E-state index >= 15 is 0 Å². The van der Waals surface area contributed by atoms with Gasteiger partial charge >= 0.3 is 0 Å². The lowest BCUT2D eigenvalue weighted by Gasteiger charge is -2.10. The Morgan fingerprint density at radius 1 is 1.00 bits per heavy atom. The van der Waals surface area contributed by atoms with Crippen LogP contribution in [-0.4, -0.2) is 0 Å². The molecule has 2 aromatic carbocycles. The van der Waals surface area contributed by atoms with Crippen LogP contribution in [0.25, 0.3) is 6.08 Å². The Labute approximate surface area is 102 Å². The molecule has 0 amide bonds. The summed E-state index contributed by atoms with van der Waals surface area (Å²) < 4.78 is 5.89. The molecule has 0 fully saturated rings. The summed E-state index contributed by atoms with van der Waals surface area (Å²) in [6, 6.07) is 14.1. The molecule has 0 saturated heterocycles. The minimum atomic E-state index is 0.840. The van der Waals surface area contributed by atoms with E-state index in [1.165, 1.54) is 11.1 Å². The molecule has 0 aliphatic carbocycles. The predicted octanol–water partition coefficient (Wildman–Crippen LogP) is 4.74. The van der Waals surface area contributed by atoms with Crippen molar-refractivity contribution in [1.82, 2.24) is 0 Å². The first-order chi connectivity index (χ1) is 8.19. The van der Waals surface area contributed by atoms with Gasteiger partial charge in [-0.1, -0.05) is 36.9 Å². The van der Waals surface area contributed by atoms with Crippen LogP contribution in [0.1, 0.15) is 16.7 Å². The van der Waals surface area contributed by atoms with Gasteiger partial charge in [0, 0.05) is 5.56 Å². The van der Waals surface area contributed by atoms with E-state index in [-0.39, 0.29) is 0 Å². The third-order valence-electron chi connectivity index (χ3n) is 2.56. The summed E-state index contributed by atoms with van der Waals surface area (Å²) in [5.41, 5.74) is 3.42.